The molecule has 4 saturated carbocycles. The number of carbonyl (C=O) groups excluding carboxylic acids is 2. The standard InChI is InChI=1S/C25H32N2O3/c1-16(25-11-17-8-18(12-25)10-19(9-17)13-25)27-23(28)15-30-24(29)7-6-20-14-26-22-5-3-2-4-21(20)22/h2-5,14,16-19,26H,6-13,15H2,1H3,(H,27,28)/t16-,17?,18?,19?,25?/m1/s1. The zero-order valence-corrected chi connectivity index (χ0v) is 17.8. The molecule has 0 unspecified atom stereocenters. The molecule has 4 aliphatic rings. The number of H-pyrrole nitrogens is 1. The molecule has 30 heavy (non-hydrogen) atoms. The van der Waals surface area contributed by atoms with Gasteiger partial charge in [-0.15, -0.1) is 0 Å². The lowest BCUT2D eigenvalue weighted by Gasteiger charge is -2.59. The normalized spacial score (nSPS) is 30.4. The highest BCUT2D eigenvalue weighted by Crippen LogP contribution is 2.61. The fourth-order valence-electron chi connectivity index (χ4n) is 6.94. The maximum absolute atomic E-state index is 12.5. The average Bonchev–Trinajstić information content (AvgIpc) is 3.13. The lowest BCUT2D eigenvalue weighted by atomic mass is 9.48. The van der Waals surface area contributed by atoms with Gasteiger partial charge in [0.25, 0.3) is 5.91 Å². The zero-order valence-electron chi connectivity index (χ0n) is 17.8. The van der Waals surface area contributed by atoms with E-state index in [1.165, 1.54) is 38.5 Å². The van der Waals surface area contributed by atoms with Gasteiger partial charge in [0.05, 0.1) is 0 Å². The molecule has 4 fully saturated rings. The van der Waals surface area contributed by atoms with Gasteiger partial charge in [0.2, 0.25) is 0 Å². The van der Waals surface area contributed by atoms with Crippen LogP contribution >= 0.6 is 0 Å². The predicted octanol–water partition coefficient (Wildman–Crippen LogP) is 4.36. The lowest BCUT2D eigenvalue weighted by Crippen LogP contribution is -2.56. The number of rotatable bonds is 7. The maximum atomic E-state index is 12.5. The van der Waals surface area contributed by atoms with Crippen LogP contribution in [0.25, 0.3) is 10.9 Å². The fourth-order valence-corrected chi connectivity index (χ4v) is 6.94. The summed E-state index contributed by atoms with van der Waals surface area (Å²) in [6.45, 7) is 1.98. The van der Waals surface area contributed by atoms with E-state index in [0.717, 1.165) is 34.2 Å². The van der Waals surface area contributed by atoms with Crippen molar-refractivity contribution < 1.29 is 14.3 Å². The van der Waals surface area contributed by atoms with Gasteiger partial charge >= 0.3 is 5.97 Å². The van der Waals surface area contributed by atoms with E-state index in [1.54, 1.807) is 0 Å². The number of aromatic amines is 1. The summed E-state index contributed by atoms with van der Waals surface area (Å²) < 4.78 is 5.27. The minimum Gasteiger partial charge on any atom is -0.456 e. The van der Waals surface area contributed by atoms with Crippen molar-refractivity contribution in [3.8, 4) is 0 Å². The van der Waals surface area contributed by atoms with Gasteiger partial charge in [0.1, 0.15) is 0 Å². The zero-order chi connectivity index (χ0) is 20.7. The summed E-state index contributed by atoms with van der Waals surface area (Å²) in [6.07, 6.45) is 10.8. The number of para-hydroxylation sites is 1. The van der Waals surface area contributed by atoms with E-state index in [1.807, 2.05) is 30.5 Å². The van der Waals surface area contributed by atoms with Crippen molar-refractivity contribution in [2.24, 2.45) is 23.2 Å². The number of nitrogens with one attached hydrogen (secondary N) is 2. The van der Waals surface area contributed by atoms with E-state index >= 15 is 0 Å². The van der Waals surface area contributed by atoms with Crippen molar-refractivity contribution in [1.82, 2.24) is 10.3 Å². The first-order chi connectivity index (χ1) is 14.5. The van der Waals surface area contributed by atoms with Gasteiger partial charge in [-0.25, -0.2) is 0 Å². The molecule has 4 aliphatic carbocycles. The summed E-state index contributed by atoms with van der Waals surface area (Å²) in [4.78, 5) is 27.9. The molecule has 1 aromatic carbocycles. The Morgan fingerprint density at radius 2 is 1.80 bits per heavy atom. The van der Waals surface area contributed by atoms with E-state index in [-0.39, 0.29) is 36.4 Å². The molecule has 5 nitrogen and oxygen atoms in total. The Balaban J connectivity index is 1.09. The highest BCUT2D eigenvalue weighted by atomic mass is 16.5. The molecule has 0 radical (unpaired) electrons. The Hall–Kier alpha value is -2.30. The van der Waals surface area contributed by atoms with Crippen molar-refractivity contribution in [3.63, 3.8) is 0 Å². The van der Waals surface area contributed by atoms with Crippen LogP contribution in [0.3, 0.4) is 0 Å². The summed E-state index contributed by atoms with van der Waals surface area (Å²) in [7, 11) is 0. The fraction of sp³-hybridized carbons (Fsp3) is 0.600. The van der Waals surface area contributed by atoms with E-state index in [2.05, 4.69) is 17.2 Å². The van der Waals surface area contributed by atoms with Gasteiger partial charge in [-0.3, -0.25) is 9.59 Å². The van der Waals surface area contributed by atoms with Gasteiger partial charge in [-0.1, -0.05) is 18.2 Å². The quantitative estimate of drug-likeness (QED) is 0.669. The number of aromatic nitrogens is 1. The first-order valence-corrected chi connectivity index (χ1v) is 11.5. The molecular weight excluding hydrogens is 376 g/mol. The minimum atomic E-state index is -0.321. The largest absolute Gasteiger partial charge is 0.456 e. The number of benzene rings is 1. The van der Waals surface area contributed by atoms with Crippen LogP contribution in [0.15, 0.2) is 30.5 Å². The molecule has 4 bridgehead atoms. The first kappa shape index (κ1) is 19.7. The first-order valence-electron chi connectivity index (χ1n) is 11.5. The smallest absolute Gasteiger partial charge is 0.306 e. The van der Waals surface area contributed by atoms with E-state index < -0.39 is 0 Å². The van der Waals surface area contributed by atoms with Crippen LogP contribution in [0.1, 0.15) is 57.4 Å². The van der Waals surface area contributed by atoms with Gasteiger partial charge in [0.15, 0.2) is 6.61 Å². The summed E-state index contributed by atoms with van der Waals surface area (Å²) in [5, 5.41) is 4.30. The number of amides is 1. The Labute approximate surface area is 177 Å². The van der Waals surface area contributed by atoms with Gasteiger partial charge in [0, 0.05) is 29.6 Å². The van der Waals surface area contributed by atoms with Crippen LogP contribution in [0.5, 0.6) is 0 Å². The Kier molecular flexibility index (Phi) is 5.08. The van der Waals surface area contributed by atoms with Crippen LogP contribution in [-0.4, -0.2) is 29.5 Å². The average molecular weight is 409 g/mol. The monoisotopic (exact) mass is 408 g/mol. The number of hydrogen-bond acceptors (Lipinski definition) is 3. The number of carbonyl (C=O) groups is 2. The molecule has 2 N–H and O–H groups in total. The molecule has 160 valence electrons. The van der Waals surface area contributed by atoms with E-state index in [9.17, 15) is 9.59 Å². The van der Waals surface area contributed by atoms with Crippen molar-refractivity contribution in [3.05, 3.63) is 36.0 Å². The third-order valence-electron chi connectivity index (χ3n) is 8.02. The molecule has 1 heterocycles. The molecule has 1 atom stereocenters. The molecular formula is C25H32N2O3. The van der Waals surface area contributed by atoms with Crippen LogP contribution in [-0.2, 0) is 20.7 Å². The van der Waals surface area contributed by atoms with Crippen molar-refractivity contribution >= 4 is 22.8 Å². The molecule has 0 aliphatic heterocycles. The Morgan fingerprint density at radius 3 is 2.50 bits per heavy atom. The second kappa shape index (κ2) is 7.75. The summed E-state index contributed by atoms with van der Waals surface area (Å²) >= 11 is 0. The molecule has 0 saturated heterocycles. The van der Waals surface area contributed by atoms with Gasteiger partial charge in [-0.05, 0) is 86.7 Å². The number of hydrogen-bond donors (Lipinski definition) is 2. The Bertz CT molecular complexity index is 911. The SMILES string of the molecule is C[C@@H](NC(=O)COC(=O)CCc1c[nH]c2ccccc12)C12CC3CC(CC(C3)C1)C2. The minimum absolute atomic E-state index is 0.156. The number of fused-ring (bicyclic) bond motifs is 1. The molecule has 6 rings (SSSR count). The second-order valence-corrected chi connectivity index (χ2v) is 10.1. The van der Waals surface area contributed by atoms with Gasteiger partial charge in [-0.2, -0.15) is 0 Å². The summed E-state index contributed by atoms with van der Waals surface area (Å²) in [5.41, 5.74) is 2.44. The third kappa shape index (κ3) is 3.75. The third-order valence-corrected chi connectivity index (χ3v) is 8.02. The second-order valence-electron chi connectivity index (χ2n) is 10.1. The Morgan fingerprint density at radius 1 is 1.13 bits per heavy atom. The van der Waals surface area contributed by atoms with Crippen LogP contribution in [0.2, 0.25) is 0 Å². The van der Waals surface area contributed by atoms with E-state index in [4.69, 9.17) is 4.74 Å². The van der Waals surface area contributed by atoms with Crippen molar-refractivity contribution in [1.29, 1.82) is 0 Å². The lowest BCUT2D eigenvalue weighted by molar-refractivity contribution is -0.149. The van der Waals surface area contributed by atoms with Crippen molar-refractivity contribution in [2.45, 2.75) is 64.3 Å². The van der Waals surface area contributed by atoms with Crippen LogP contribution in [0.4, 0.5) is 0 Å². The number of ether oxygens (including phenoxy) is 1. The van der Waals surface area contributed by atoms with Crippen LogP contribution < -0.4 is 5.32 Å². The molecule has 2 aromatic rings. The van der Waals surface area contributed by atoms with Crippen LogP contribution in [0, 0.1) is 23.2 Å². The van der Waals surface area contributed by atoms with Gasteiger partial charge < -0.3 is 15.0 Å². The van der Waals surface area contributed by atoms with E-state index in [0.29, 0.717) is 6.42 Å². The molecule has 5 heteroatoms. The topological polar surface area (TPSA) is 71.2 Å². The highest BCUT2D eigenvalue weighted by molar-refractivity contribution is 5.84. The highest BCUT2D eigenvalue weighted by Gasteiger charge is 2.53. The maximum Gasteiger partial charge on any atom is 0.306 e. The molecule has 1 aromatic heterocycles. The summed E-state index contributed by atoms with van der Waals surface area (Å²) in [6, 6.07) is 8.20. The molecule has 1 amide bonds. The number of aryl methyl sites for hydroxylation is 1. The number of esters is 1. The predicted molar refractivity (Wildman–Crippen MR) is 116 cm³/mol. The van der Waals surface area contributed by atoms with Crippen molar-refractivity contribution in [2.75, 3.05) is 6.61 Å². The summed E-state index contributed by atoms with van der Waals surface area (Å²) in [5.74, 6) is 2.09. The molecule has 0 spiro atoms.